The summed E-state index contributed by atoms with van der Waals surface area (Å²) >= 11 is 0. The fraction of sp³-hybridized carbons (Fsp3) is 0.250. The van der Waals surface area contributed by atoms with Crippen molar-refractivity contribution in [1.29, 1.82) is 0 Å². The van der Waals surface area contributed by atoms with Gasteiger partial charge in [-0.2, -0.15) is 0 Å². The average molecular weight is 418 g/mol. The number of ether oxygens (including phenoxy) is 1. The van der Waals surface area contributed by atoms with Gasteiger partial charge in [0.1, 0.15) is 6.04 Å². The summed E-state index contributed by atoms with van der Waals surface area (Å²) in [6.07, 6.45) is 4.62. The molecule has 7 heteroatoms. The molecule has 1 amide bonds. The fourth-order valence-corrected chi connectivity index (χ4v) is 3.97. The number of methoxy groups -OCH3 is 1. The topological polar surface area (TPSA) is 99.0 Å². The van der Waals surface area contributed by atoms with Gasteiger partial charge in [0.15, 0.2) is 0 Å². The monoisotopic (exact) mass is 418 g/mol. The lowest BCUT2D eigenvalue weighted by Crippen LogP contribution is -2.51. The number of rotatable bonds is 8. The van der Waals surface area contributed by atoms with Crippen molar-refractivity contribution in [1.82, 2.24) is 20.6 Å². The predicted octanol–water partition coefficient (Wildman–Crippen LogP) is 2.68. The minimum absolute atomic E-state index is 0.247. The number of fused-ring (bicyclic) bond motifs is 2. The molecular weight excluding hydrogens is 392 g/mol. The van der Waals surface area contributed by atoms with Crippen molar-refractivity contribution in [3.63, 3.8) is 0 Å². The van der Waals surface area contributed by atoms with Crippen molar-refractivity contribution in [3.05, 3.63) is 72.1 Å². The highest BCUT2D eigenvalue weighted by Gasteiger charge is 2.27. The molecule has 0 saturated heterocycles. The van der Waals surface area contributed by atoms with Gasteiger partial charge < -0.3 is 25.3 Å². The number of aromatic amines is 2. The number of nitrogens with one attached hydrogen (secondary N) is 4. The zero-order valence-electron chi connectivity index (χ0n) is 17.6. The summed E-state index contributed by atoms with van der Waals surface area (Å²) in [6.45, 7) is 0. The van der Waals surface area contributed by atoms with Gasteiger partial charge in [-0.05, 0) is 36.7 Å². The van der Waals surface area contributed by atoms with E-state index in [0.29, 0.717) is 12.8 Å². The third-order valence-electron chi connectivity index (χ3n) is 5.67. The first-order valence-electron chi connectivity index (χ1n) is 10.3. The molecule has 0 radical (unpaired) electrons. The number of para-hydroxylation sites is 2. The molecule has 4 aromatic rings. The summed E-state index contributed by atoms with van der Waals surface area (Å²) < 4.78 is 4.96. The third kappa shape index (κ3) is 4.32. The predicted molar refractivity (Wildman–Crippen MR) is 121 cm³/mol. The number of benzene rings is 2. The molecule has 0 aliphatic carbocycles. The van der Waals surface area contributed by atoms with Crippen molar-refractivity contribution in [2.45, 2.75) is 24.9 Å². The van der Waals surface area contributed by atoms with Crippen molar-refractivity contribution in [2.75, 3.05) is 14.2 Å². The van der Waals surface area contributed by atoms with Gasteiger partial charge in [0.2, 0.25) is 5.91 Å². The van der Waals surface area contributed by atoms with Crippen LogP contribution >= 0.6 is 0 Å². The van der Waals surface area contributed by atoms with Crippen LogP contribution in [0.5, 0.6) is 0 Å². The summed E-state index contributed by atoms with van der Waals surface area (Å²) in [5, 5.41) is 8.06. The van der Waals surface area contributed by atoms with Crippen LogP contribution in [0.4, 0.5) is 0 Å². The van der Waals surface area contributed by atoms with Crippen LogP contribution in [0.2, 0.25) is 0 Å². The van der Waals surface area contributed by atoms with E-state index in [0.717, 1.165) is 32.9 Å². The highest BCUT2D eigenvalue weighted by Crippen LogP contribution is 2.21. The SMILES string of the molecule is CNC(Cc1c[nH]c2ccccc12)C(=O)NC(Cc1c[nH]c2ccccc12)C(=O)OC. The third-order valence-corrected chi connectivity index (χ3v) is 5.67. The van der Waals surface area contributed by atoms with Gasteiger partial charge in [-0.25, -0.2) is 4.79 Å². The van der Waals surface area contributed by atoms with E-state index in [2.05, 4.69) is 20.6 Å². The summed E-state index contributed by atoms with van der Waals surface area (Å²) in [5.74, 6) is -0.719. The lowest BCUT2D eigenvalue weighted by molar-refractivity contribution is -0.145. The summed E-state index contributed by atoms with van der Waals surface area (Å²) in [6, 6.07) is 14.6. The van der Waals surface area contributed by atoms with Crippen LogP contribution in [0.15, 0.2) is 60.9 Å². The fourth-order valence-electron chi connectivity index (χ4n) is 3.97. The molecular formula is C24H26N4O3. The Labute approximate surface area is 180 Å². The number of amides is 1. The van der Waals surface area contributed by atoms with Crippen LogP contribution in [0.25, 0.3) is 21.8 Å². The van der Waals surface area contributed by atoms with Gasteiger partial charge in [-0.3, -0.25) is 4.79 Å². The Kier molecular flexibility index (Phi) is 6.04. The Hall–Kier alpha value is -3.58. The second-order valence-corrected chi connectivity index (χ2v) is 7.55. The molecule has 7 nitrogen and oxygen atoms in total. The molecule has 2 heterocycles. The van der Waals surface area contributed by atoms with E-state index in [1.807, 2.05) is 60.9 Å². The Morgan fingerprint density at radius 3 is 1.90 bits per heavy atom. The molecule has 4 N–H and O–H groups in total. The number of likely N-dealkylation sites (N-methyl/N-ethyl adjacent to an activating group) is 1. The highest BCUT2D eigenvalue weighted by molar-refractivity contribution is 5.90. The molecule has 31 heavy (non-hydrogen) atoms. The second kappa shape index (κ2) is 9.06. The number of carbonyl (C=O) groups excluding carboxylic acids is 2. The lowest BCUT2D eigenvalue weighted by atomic mass is 10.0. The summed E-state index contributed by atoms with van der Waals surface area (Å²) in [5.41, 5.74) is 4.00. The Bertz CT molecular complexity index is 1210. The largest absolute Gasteiger partial charge is 0.467 e. The summed E-state index contributed by atoms with van der Waals surface area (Å²) in [4.78, 5) is 31.9. The van der Waals surface area contributed by atoms with Crippen molar-refractivity contribution in [2.24, 2.45) is 0 Å². The van der Waals surface area contributed by atoms with E-state index < -0.39 is 18.1 Å². The van der Waals surface area contributed by atoms with Crippen molar-refractivity contribution in [3.8, 4) is 0 Å². The maximum Gasteiger partial charge on any atom is 0.328 e. The molecule has 2 aromatic carbocycles. The number of H-pyrrole nitrogens is 2. The van der Waals surface area contributed by atoms with Crippen LogP contribution in [0.3, 0.4) is 0 Å². The molecule has 2 unspecified atom stereocenters. The quantitative estimate of drug-likeness (QED) is 0.331. The molecule has 2 aromatic heterocycles. The number of aromatic nitrogens is 2. The maximum absolute atomic E-state index is 13.1. The minimum atomic E-state index is -0.782. The molecule has 0 saturated carbocycles. The van der Waals surface area contributed by atoms with Gasteiger partial charge in [0.25, 0.3) is 0 Å². The highest BCUT2D eigenvalue weighted by atomic mass is 16.5. The van der Waals surface area contributed by atoms with Gasteiger partial charge in [-0.1, -0.05) is 36.4 Å². The van der Waals surface area contributed by atoms with Gasteiger partial charge in [0.05, 0.1) is 13.2 Å². The van der Waals surface area contributed by atoms with Crippen LogP contribution < -0.4 is 10.6 Å². The first-order valence-corrected chi connectivity index (χ1v) is 10.3. The van der Waals surface area contributed by atoms with E-state index in [9.17, 15) is 9.59 Å². The Balaban J connectivity index is 1.51. The zero-order valence-corrected chi connectivity index (χ0v) is 17.6. The average Bonchev–Trinajstić information content (AvgIpc) is 3.40. The van der Waals surface area contributed by atoms with E-state index in [4.69, 9.17) is 4.74 Å². The first-order chi connectivity index (χ1) is 15.1. The number of hydrogen-bond donors (Lipinski definition) is 4. The molecule has 160 valence electrons. The Morgan fingerprint density at radius 1 is 0.871 bits per heavy atom. The number of hydrogen-bond acceptors (Lipinski definition) is 4. The van der Waals surface area contributed by atoms with Crippen molar-refractivity contribution >= 4 is 33.7 Å². The standard InChI is InChI=1S/C24H26N4O3/c1-25-21(11-15-13-26-19-9-5-3-7-17(15)19)23(29)28-22(24(30)31-2)12-16-14-27-20-10-6-4-8-18(16)20/h3-10,13-14,21-22,25-27H,11-12H2,1-2H3,(H,28,29). The van der Waals surface area contributed by atoms with E-state index >= 15 is 0 Å². The Morgan fingerprint density at radius 2 is 1.39 bits per heavy atom. The molecule has 0 aliphatic heterocycles. The lowest BCUT2D eigenvalue weighted by Gasteiger charge is -2.21. The first kappa shape index (κ1) is 20.7. The van der Waals surface area contributed by atoms with Crippen LogP contribution in [-0.4, -0.2) is 48.1 Å². The van der Waals surface area contributed by atoms with Gasteiger partial charge >= 0.3 is 5.97 Å². The molecule has 0 spiro atoms. The maximum atomic E-state index is 13.1. The zero-order chi connectivity index (χ0) is 21.8. The molecule has 0 fully saturated rings. The molecule has 4 rings (SSSR count). The normalized spacial score (nSPS) is 13.2. The smallest absolute Gasteiger partial charge is 0.328 e. The summed E-state index contributed by atoms with van der Waals surface area (Å²) in [7, 11) is 3.07. The molecule has 2 atom stereocenters. The van der Waals surface area contributed by atoms with Crippen LogP contribution in [0.1, 0.15) is 11.1 Å². The number of carbonyl (C=O) groups is 2. The van der Waals surface area contributed by atoms with Crippen LogP contribution in [0, 0.1) is 0 Å². The van der Waals surface area contributed by atoms with E-state index in [1.54, 1.807) is 7.05 Å². The van der Waals surface area contributed by atoms with Crippen molar-refractivity contribution < 1.29 is 14.3 Å². The van der Waals surface area contributed by atoms with E-state index in [1.165, 1.54) is 7.11 Å². The van der Waals surface area contributed by atoms with Gasteiger partial charge in [0, 0.05) is 40.6 Å². The van der Waals surface area contributed by atoms with E-state index in [-0.39, 0.29) is 5.91 Å². The van der Waals surface area contributed by atoms with Gasteiger partial charge in [-0.15, -0.1) is 0 Å². The van der Waals surface area contributed by atoms with Crippen LogP contribution in [-0.2, 0) is 27.2 Å². The molecule has 0 bridgehead atoms. The molecule has 0 aliphatic rings. The number of esters is 1. The second-order valence-electron chi connectivity index (χ2n) is 7.55. The minimum Gasteiger partial charge on any atom is -0.467 e.